The van der Waals surface area contributed by atoms with Crippen LogP contribution in [0, 0.1) is 0 Å². The van der Waals surface area contributed by atoms with Crippen LogP contribution in [0.3, 0.4) is 0 Å². The number of nitrogens with zero attached hydrogens (tertiary/aromatic N) is 2. The normalized spacial score (nSPS) is 11.5. The van der Waals surface area contributed by atoms with E-state index in [9.17, 15) is 20.4 Å². The van der Waals surface area contributed by atoms with Crippen molar-refractivity contribution in [2.24, 2.45) is 9.98 Å². The summed E-state index contributed by atoms with van der Waals surface area (Å²) in [6, 6.07) is 8.56. The lowest BCUT2D eigenvalue weighted by Gasteiger charge is -2.00. The zero-order valence-corrected chi connectivity index (χ0v) is 13.1. The molecule has 0 saturated heterocycles. The Balaban J connectivity index is 1.71. The number of hydrogen-bond donors (Lipinski definition) is 4. The van der Waals surface area contributed by atoms with Gasteiger partial charge in [0.1, 0.15) is 23.0 Å². The van der Waals surface area contributed by atoms with E-state index < -0.39 is 0 Å². The molecule has 0 heterocycles. The van der Waals surface area contributed by atoms with Gasteiger partial charge in [0.2, 0.25) is 0 Å². The number of rotatable bonds is 7. The Morgan fingerprint density at radius 3 is 1.50 bits per heavy atom. The number of aliphatic imine (C=N–C) groups is 2. The van der Waals surface area contributed by atoms with Gasteiger partial charge in [-0.25, -0.2) is 0 Å². The molecule has 2 rings (SSSR count). The predicted molar refractivity (Wildman–Crippen MR) is 93.7 cm³/mol. The lowest BCUT2D eigenvalue weighted by atomic mass is 10.2. The fourth-order valence-corrected chi connectivity index (χ4v) is 2.02. The Kier molecular flexibility index (Phi) is 6.19. The van der Waals surface area contributed by atoms with Crippen molar-refractivity contribution in [1.29, 1.82) is 0 Å². The molecule has 6 heteroatoms. The number of aromatic hydroxyl groups is 4. The molecule has 0 aromatic heterocycles. The van der Waals surface area contributed by atoms with Gasteiger partial charge in [-0.15, -0.1) is 0 Å². The maximum atomic E-state index is 9.60. The van der Waals surface area contributed by atoms with Crippen LogP contribution in [0.25, 0.3) is 0 Å². The average Bonchev–Trinajstić information content (AvgIpc) is 2.56. The summed E-state index contributed by atoms with van der Waals surface area (Å²) in [5.41, 5.74) is 0.958. The SMILES string of the molecule is Oc1ccc(O)c(C=NCCCCN=Cc2cc(O)ccc2O)c1. The van der Waals surface area contributed by atoms with Crippen molar-refractivity contribution in [3.63, 3.8) is 0 Å². The first-order valence-electron chi connectivity index (χ1n) is 7.60. The summed E-state index contributed by atoms with van der Waals surface area (Å²) in [5, 5.41) is 37.9. The van der Waals surface area contributed by atoms with Crippen LogP contribution in [-0.2, 0) is 0 Å². The standard InChI is InChI=1S/C18H20N2O4/c21-15-3-5-17(23)13(9-15)11-19-7-1-2-8-20-12-14-10-16(22)4-6-18(14)24/h3-6,9-12,21-24H,1-2,7-8H2. The maximum absolute atomic E-state index is 9.60. The molecule has 0 bridgehead atoms. The summed E-state index contributed by atoms with van der Waals surface area (Å²) >= 11 is 0. The second-order valence-electron chi connectivity index (χ2n) is 5.26. The predicted octanol–water partition coefficient (Wildman–Crippen LogP) is 2.83. The first-order chi connectivity index (χ1) is 11.6. The summed E-state index contributed by atoms with van der Waals surface area (Å²) in [5.74, 6) is 0.316. The van der Waals surface area contributed by atoms with Gasteiger partial charge >= 0.3 is 0 Å². The Labute approximate surface area is 140 Å². The molecule has 6 nitrogen and oxygen atoms in total. The van der Waals surface area contributed by atoms with Crippen molar-refractivity contribution in [2.45, 2.75) is 12.8 Å². The van der Waals surface area contributed by atoms with Crippen molar-refractivity contribution in [3.05, 3.63) is 47.5 Å². The molecular weight excluding hydrogens is 308 g/mol. The topological polar surface area (TPSA) is 106 Å². The van der Waals surface area contributed by atoms with Crippen LogP contribution in [0.5, 0.6) is 23.0 Å². The molecular formula is C18H20N2O4. The van der Waals surface area contributed by atoms with Crippen LogP contribution in [-0.4, -0.2) is 45.9 Å². The molecule has 126 valence electrons. The summed E-state index contributed by atoms with van der Waals surface area (Å²) in [7, 11) is 0. The van der Waals surface area contributed by atoms with Gasteiger partial charge in [-0.1, -0.05) is 0 Å². The summed E-state index contributed by atoms with van der Waals surface area (Å²) in [6.45, 7) is 1.17. The number of hydrogen-bond acceptors (Lipinski definition) is 6. The highest BCUT2D eigenvalue weighted by molar-refractivity contribution is 5.84. The van der Waals surface area contributed by atoms with E-state index in [2.05, 4.69) is 9.98 Å². The van der Waals surface area contributed by atoms with E-state index in [0.717, 1.165) is 12.8 Å². The third-order valence-electron chi connectivity index (χ3n) is 3.31. The van der Waals surface area contributed by atoms with E-state index in [0.29, 0.717) is 24.2 Å². The third kappa shape index (κ3) is 5.31. The lowest BCUT2D eigenvalue weighted by molar-refractivity contribution is 0.459. The summed E-state index contributed by atoms with van der Waals surface area (Å²) < 4.78 is 0. The number of phenols is 4. The van der Waals surface area contributed by atoms with E-state index in [1.807, 2.05) is 0 Å². The highest BCUT2D eigenvalue weighted by Crippen LogP contribution is 2.21. The van der Waals surface area contributed by atoms with Crippen molar-refractivity contribution < 1.29 is 20.4 Å². The molecule has 0 atom stereocenters. The van der Waals surface area contributed by atoms with Crippen molar-refractivity contribution in [1.82, 2.24) is 0 Å². The third-order valence-corrected chi connectivity index (χ3v) is 3.31. The molecule has 24 heavy (non-hydrogen) atoms. The maximum Gasteiger partial charge on any atom is 0.124 e. The van der Waals surface area contributed by atoms with Crippen molar-refractivity contribution >= 4 is 12.4 Å². The molecule has 0 saturated carbocycles. The quantitative estimate of drug-likeness (QED) is 0.356. The molecule has 2 aromatic rings. The Morgan fingerprint density at radius 2 is 1.08 bits per heavy atom. The first kappa shape index (κ1) is 17.3. The number of benzene rings is 2. The molecule has 0 amide bonds. The summed E-state index contributed by atoms with van der Waals surface area (Å²) in [6.07, 6.45) is 4.70. The van der Waals surface area contributed by atoms with Crippen molar-refractivity contribution in [3.8, 4) is 23.0 Å². The van der Waals surface area contributed by atoms with Crippen LogP contribution >= 0.6 is 0 Å². The van der Waals surface area contributed by atoms with Gasteiger partial charge in [-0.05, 0) is 49.2 Å². The van der Waals surface area contributed by atoms with Crippen LogP contribution in [0.15, 0.2) is 46.4 Å². The van der Waals surface area contributed by atoms with Gasteiger partial charge in [0.15, 0.2) is 0 Å². The molecule has 0 unspecified atom stereocenters. The summed E-state index contributed by atoms with van der Waals surface area (Å²) in [4.78, 5) is 8.41. The van der Waals surface area contributed by atoms with Crippen molar-refractivity contribution in [2.75, 3.05) is 13.1 Å². The number of phenolic OH excluding ortho intramolecular Hbond substituents is 4. The van der Waals surface area contributed by atoms with Crippen LogP contribution in [0.1, 0.15) is 24.0 Å². The zero-order chi connectivity index (χ0) is 17.4. The fraction of sp³-hybridized carbons (Fsp3) is 0.222. The molecule has 0 aliphatic rings. The van der Waals surface area contributed by atoms with Gasteiger partial charge in [0.05, 0.1) is 0 Å². The molecule has 0 fully saturated rings. The van der Waals surface area contributed by atoms with E-state index in [-0.39, 0.29) is 23.0 Å². The van der Waals surface area contributed by atoms with Crippen LogP contribution in [0.4, 0.5) is 0 Å². The molecule has 2 aromatic carbocycles. The second-order valence-corrected chi connectivity index (χ2v) is 5.26. The van der Waals surface area contributed by atoms with Gasteiger partial charge in [0.25, 0.3) is 0 Å². The average molecular weight is 328 g/mol. The second kappa shape index (κ2) is 8.57. The van der Waals surface area contributed by atoms with E-state index in [1.54, 1.807) is 0 Å². The van der Waals surface area contributed by atoms with E-state index >= 15 is 0 Å². The lowest BCUT2D eigenvalue weighted by Crippen LogP contribution is -1.90. The minimum absolute atomic E-state index is 0.0760. The van der Waals surface area contributed by atoms with Gasteiger partial charge < -0.3 is 20.4 Å². The molecule has 0 aliphatic heterocycles. The smallest absolute Gasteiger partial charge is 0.124 e. The van der Waals surface area contributed by atoms with Crippen LogP contribution in [0.2, 0.25) is 0 Å². The van der Waals surface area contributed by atoms with E-state index in [1.165, 1.54) is 48.8 Å². The van der Waals surface area contributed by atoms with E-state index in [4.69, 9.17) is 0 Å². The largest absolute Gasteiger partial charge is 0.508 e. The Bertz CT molecular complexity index is 678. The monoisotopic (exact) mass is 328 g/mol. The minimum Gasteiger partial charge on any atom is -0.508 e. The van der Waals surface area contributed by atoms with Gasteiger partial charge in [0, 0.05) is 36.6 Å². The first-order valence-corrected chi connectivity index (χ1v) is 7.60. The molecule has 0 spiro atoms. The van der Waals surface area contributed by atoms with Crippen LogP contribution < -0.4 is 0 Å². The number of unbranched alkanes of at least 4 members (excludes halogenated alkanes) is 1. The Hall–Kier alpha value is -3.02. The molecule has 4 N–H and O–H groups in total. The highest BCUT2D eigenvalue weighted by atomic mass is 16.3. The van der Waals surface area contributed by atoms with Gasteiger partial charge in [-0.2, -0.15) is 0 Å². The Morgan fingerprint density at radius 1 is 0.667 bits per heavy atom. The highest BCUT2D eigenvalue weighted by Gasteiger charge is 1.99. The fourth-order valence-electron chi connectivity index (χ4n) is 2.02. The molecule has 0 radical (unpaired) electrons. The van der Waals surface area contributed by atoms with Gasteiger partial charge in [-0.3, -0.25) is 9.98 Å². The minimum atomic E-state index is 0.0760. The molecule has 0 aliphatic carbocycles. The zero-order valence-electron chi connectivity index (χ0n) is 13.1.